The zero-order valence-corrected chi connectivity index (χ0v) is 13.9. The van der Waals surface area contributed by atoms with Crippen LogP contribution in [-0.4, -0.2) is 24.5 Å². The first kappa shape index (κ1) is 16.7. The minimum absolute atomic E-state index is 0.0178. The summed E-state index contributed by atoms with van der Waals surface area (Å²) in [5.74, 6) is 0.516. The van der Waals surface area contributed by atoms with Gasteiger partial charge in [0.1, 0.15) is 5.75 Å². The molecule has 2 rings (SSSR count). The van der Waals surface area contributed by atoms with Gasteiger partial charge in [-0.3, -0.25) is 4.79 Å². The number of hydrogen-bond acceptors (Lipinski definition) is 2. The van der Waals surface area contributed by atoms with Gasteiger partial charge < -0.3 is 9.64 Å². The number of halogens is 2. The van der Waals surface area contributed by atoms with Crippen LogP contribution in [0.4, 0.5) is 0 Å². The number of carbonyl (C=O) groups is 1. The van der Waals surface area contributed by atoms with E-state index in [0.717, 1.165) is 5.56 Å². The van der Waals surface area contributed by atoms with Gasteiger partial charge in [-0.2, -0.15) is 0 Å². The van der Waals surface area contributed by atoms with E-state index in [1.807, 2.05) is 31.2 Å². The third-order valence-electron chi connectivity index (χ3n) is 3.50. The van der Waals surface area contributed by atoms with Gasteiger partial charge in [0.25, 0.3) is 5.91 Å². The van der Waals surface area contributed by atoms with E-state index in [-0.39, 0.29) is 18.6 Å². The van der Waals surface area contributed by atoms with Crippen LogP contribution < -0.4 is 4.74 Å². The molecule has 1 unspecified atom stereocenters. The van der Waals surface area contributed by atoms with Crippen molar-refractivity contribution in [3.63, 3.8) is 0 Å². The number of amides is 1. The predicted octanol–water partition coefficient (Wildman–Crippen LogP) is 4.59. The van der Waals surface area contributed by atoms with E-state index in [1.165, 1.54) is 0 Å². The molecular weight excluding hydrogens is 321 g/mol. The van der Waals surface area contributed by atoms with Gasteiger partial charge in [-0.15, -0.1) is 0 Å². The van der Waals surface area contributed by atoms with Crippen molar-refractivity contribution in [1.82, 2.24) is 4.90 Å². The fraction of sp³-hybridized carbons (Fsp3) is 0.235. The van der Waals surface area contributed by atoms with Crippen molar-refractivity contribution in [3.05, 3.63) is 64.1 Å². The van der Waals surface area contributed by atoms with E-state index in [0.29, 0.717) is 15.8 Å². The molecule has 1 amide bonds. The van der Waals surface area contributed by atoms with Crippen molar-refractivity contribution in [2.75, 3.05) is 13.7 Å². The number of ether oxygens (including phenoxy) is 1. The molecule has 3 nitrogen and oxygen atoms in total. The summed E-state index contributed by atoms with van der Waals surface area (Å²) in [5.41, 5.74) is 1.02. The topological polar surface area (TPSA) is 29.5 Å². The highest BCUT2D eigenvalue weighted by Gasteiger charge is 2.17. The Bertz CT molecular complexity index is 626. The maximum absolute atomic E-state index is 12.2. The molecule has 1 atom stereocenters. The summed E-state index contributed by atoms with van der Waals surface area (Å²) >= 11 is 11.7. The van der Waals surface area contributed by atoms with E-state index in [1.54, 1.807) is 36.2 Å². The normalized spacial score (nSPS) is 11.8. The van der Waals surface area contributed by atoms with E-state index >= 15 is 0 Å². The van der Waals surface area contributed by atoms with Gasteiger partial charge in [-0.05, 0) is 48.9 Å². The quantitative estimate of drug-likeness (QED) is 0.798. The van der Waals surface area contributed by atoms with Crippen molar-refractivity contribution >= 4 is 29.1 Å². The summed E-state index contributed by atoms with van der Waals surface area (Å²) in [5, 5.41) is 1.31. The smallest absolute Gasteiger partial charge is 0.260 e. The first-order valence-corrected chi connectivity index (χ1v) is 7.62. The molecule has 5 heteroatoms. The lowest BCUT2D eigenvalue weighted by atomic mass is 10.1. The Balaban J connectivity index is 1.93. The molecule has 2 aromatic rings. The second-order valence-corrected chi connectivity index (χ2v) is 5.85. The van der Waals surface area contributed by atoms with Gasteiger partial charge in [-0.25, -0.2) is 0 Å². The number of likely N-dealkylation sites (N-methyl/N-ethyl adjacent to an activating group) is 1. The summed E-state index contributed by atoms with van der Waals surface area (Å²) in [6.45, 7) is 1.94. The van der Waals surface area contributed by atoms with Crippen molar-refractivity contribution in [2.45, 2.75) is 13.0 Å². The molecular formula is C17H17Cl2NO2. The Labute approximate surface area is 140 Å². The van der Waals surface area contributed by atoms with Crippen molar-refractivity contribution in [3.8, 4) is 5.75 Å². The molecule has 0 heterocycles. The molecule has 0 radical (unpaired) electrons. The monoisotopic (exact) mass is 337 g/mol. The number of rotatable bonds is 5. The number of benzene rings is 2. The van der Waals surface area contributed by atoms with Gasteiger partial charge in [0.15, 0.2) is 6.61 Å². The highest BCUT2D eigenvalue weighted by molar-refractivity contribution is 6.30. The summed E-state index contributed by atoms with van der Waals surface area (Å²) in [4.78, 5) is 13.9. The summed E-state index contributed by atoms with van der Waals surface area (Å²) in [6.07, 6.45) is 0. The number of nitrogens with zero attached hydrogens (tertiary/aromatic N) is 1. The van der Waals surface area contributed by atoms with Gasteiger partial charge in [-0.1, -0.05) is 35.3 Å². The van der Waals surface area contributed by atoms with Crippen LogP contribution in [0.2, 0.25) is 10.0 Å². The summed E-state index contributed by atoms with van der Waals surface area (Å²) < 4.78 is 5.48. The zero-order valence-electron chi connectivity index (χ0n) is 12.4. The van der Waals surface area contributed by atoms with E-state index < -0.39 is 0 Å². The van der Waals surface area contributed by atoms with Crippen LogP contribution in [0, 0.1) is 0 Å². The average Bonchev–Trinajstić information content (AvgIpc) is 2.53. The molecule has 0 spiro atoms. The van der Waals surface area contributed by atoms with E-state index in [9.17, 15) is 4.79 Å². The molecule has 0 fully saturated rings. The van der Waals surface area contributed by atoms with Crippen molar-refractivity contribution in [2.24, 2.45) is 0 Å². The summed E-state index contributed by atoms with van der Waals surface area (Å²) in [7, 11) is 1.76. The Morgan fingerprint density at radius 2 is 1.55 bits per heavy atom. The Hall–Kier alpha value is -1.71. The molecule has 0 aromatic heterocycles. The Kier molecular flexibility index (Phi) is 5.69. The highest BCUT2D eigenvalue weighted by Crippen LogP contribution is 2.21. The van der Waals surface area contributed by atoms with Crippen LogP contribution in [0.1, 0.15) is 18.5 Å². The number of carbonyl (C=O) groups excluding carboxylic acids is 1. The zero-order chi connectivity index (χ0) is 16.1. The molecule has 0 bridgehead atoms. The fourth-order valence-corrected chi connectivity index (χ4v) is 2.21. The first-order chi connectivity index (χ1) is 10.5. The predicted molar refractivity (Wildman–Crippen MR) is 89.6 cm³/mol. The second-order valence-electron chi connectivity index (χ2n) is 4.97. The van der Waals surface area contributed by atoms with Crippen molar-refractivity contribution in [1.29, 1.82) is 0 Å². The minimum Gasteiger partial charge on any atom is -0.484 e. The molecule has 0 aliphatic heterocycles. The third kappa shape index (κ3) is 4.39. The molecule has 0 aliphatic rings. The van der Waals surface area contributed by atoms with E-state index in [4.69, 9.17) is 27.9 Å². The molecule has 0 saturated heterocycles. The van der Waals surface area contributed by atoms with Crippen LogP contribution in [-0.2, 0) is 4.79 Å². The van der Waals surface area contributed by atoms with Crippen LogP contribution in [0.25, 0.3) is 0 Å². The Morgan fingerprint density at radius 1 is 1.05 bits per heavy atom. The lowest BCUT2D eigenvalue weighted by Crippen LogP contribution is -2.33. The average molecular weight is 338 g/mol. The largest absolute Gasteiger partial charge is 0.484 e. The molecule has 0 saturated carbocycles. The van der Waals surface area contributed by atoms with Crippen LogP contribution in [0.5, 0.6) is 5.75 Å². The van der Waals surface area contributed by atoms with Crippen molar-refractivity contribution < 1.29 is 9.53 Å². The third-order valence-corrected chi connectivity index (χ3v) is 4.01. The minimum atomic E-state index is -0.0996. The van der Waals surface area contributed by atoms with Gasteiger partial charge in [0.05, 0.1) is 6.04 Å². The van der Waals surface area contributed by atoms with Crippen LogP contribution >= 0.6 is 23.2 Å². The highest BCUT2D eigenvalue weighted by atomic mass is 35.5. The maximum Gasteiger partial charge on any atom is 0.260 e. The Morgan fingerprint density at radius 3 is 2.09 bits per heavy atom. The second kappa shape index (κ2) is 7.52. The molecule has 2 aromatic carbocycles. The fourth-order valence-electron chi connectivity index (χ4n) is 1.96. The molecule has 0 N–H and O–H groups in total. The molecule has 116 valence electrons. The lowest BCUT2D eigenvalue weighted by molar-refractivity contribution is -0.134. The maximum atomic E-state index is 12.2. The lowest BCUT2D eigenvalue weighted by Gasteiger charge is -2.25. The van der Waals surface area contributed by atoms with Gasteiger partial charge in [0.2, 0.25) is 0 Å². The SMILES string of the molecule is CC(c1ccc(Cl)cc1)N(C)C(=O)COc1ccc(Cl)cc1. The van der Waals surface area contributed by atoms with Gasteiger partial charge >= 0.3 is 0 Å². The van der Waals surface area contributed by atoms with Crippen LogP contribution in [0.15, 0.2) is 48.5 Å². The molecule has 22 heavy (non-hydrogen) atoms. The first-order valence-electron chi connectivity index (χ1n) is 6.87. The standard InChI is InChI=1S/C17H17Cl2NO2/c1-12(13-3-5-14(18)6-4-13)20(2)17(21)11-22-16-9-7-15(19)8-10-16/h3-10,12H,11H2,1-2H3. The summed E-state index contributed by atoms with van der Waals surface area (Å²) in [6, 6.07) is 14.3. The molecule has 0 aliphatic carbocycles. The van der Waals surface area contributed by atoms with Crippen LogP contribution in [0.3, 0.4) is 0 Å². The van der Waals surface area contributed by atoms with Gasteiger partial charge in [0, 0.05) is 17.1 Å². The van der Waals surface area contributed by atoms with E-state index in [2.05, 4.69) is 0 Å². The number of hydrogen-bond donors (Lipinski definition) is 0.